The van der Waals surface area contributed by atoms with Gasteiger partial charge in [0.05, 0.1) is 23.6 Å². The highest BCUT2D eigenvalue weighted by Gasteiger charge is 2.41. The molecule has 22 heavy (non-hydrogen) atoms. The zero-order chi connectivity index (χ0) is 15.5. The van der Waals surface area contributed by atoms with Crippen LogP contribution in [0.5, 0.6) is 5.75 Å². The van der Waals surface area contributed by atoms with Gasteiger partial charge in [0.25, 0.3) is 0 Å². The molecule has 1 aliphatic carbocycles. The second-order valence-corrected chi connectivity index (χ2v) is 6.46. The van der Waals surface area contributed by atoms with E-state index >= 15 is 0 Å². The first kappa shape index (κ1) is 19.4. The lowest BCUT2D eigenvalue weighted by molar-refractivity contribution is -0.123. The second-order valence-electron chi connectivity index (χ2n) is 5.62. The lowest BCUT2D eigenvalue weighted by atomic mass is 9.96. The molecule has 0 heterocycles. The monoisotopic (exact) mass is 366 g/mol. The summed E-state index contributed by atoms with van der Waals surface area (Å²) >= 11 is 11.8. The van der Waals surface area contributed by atoms with Crippen LogP contribution in [0.3, 0.4) is 0 Å². The number of hydrogen-bond acceptors (Lipinski definition) is 3. The fourth-order valence-electron chi connectivity index (χ4n) is 2.27. The van der Waals surface area contributed by atoms with Crippen LogP contribution >= 0.6 is 35.6 Å². The van der Waals surface area contributed by atoms with Gasteiger partial charge in [0.1, 0.15) is 5.75 Å². The predicted octanol–water partition coefficient (Wildman–Crippen LogP) is 3.43. The smallest absolute Gasteiger partial charge is 0.223 e. The third-order valence-corrected chi connectivity index (χ3v) is 4.34. The third kappa shape index (κ3) is 5.20. The summed E-state index contributed by atoms with van der Waals surface area (Å²) in [7, 11) is 0. The Morgan fingerprint density at radius 3 is 2.68 bits per heavy atom. The standard InChI is InChI=1S/C15H20Cl2N2O2.ClH/c1-15(9-18,10-2-3-10)19-14(20)6-7-21-13-5-4-11(16)8-12(13)17;/h4-5,8,10H,2-3,6-7,9,18H2,1H3,(H,19,20);1H. The Labute approximate surface area is 147 Å². The summed E-state index contributed by atoms with van der Waals surface area (Å²) in [6, 6.07) is 5.00. The Kier molecular flexibility index (Phi) is 7.26. The van der Waals surface area contributed by atoms with Gasteiger partial charge >= 0.3 is 0 Å². The van der Waals surface area contributed by atoms with Gasteiger partial charge in [-0.05, 0) is 43.9 Å². The number of hydrogen-bond donors (Lipinski definition) is 2. The van der Waals surface area contributed by atoms with E-state index < -0.39 is 0 Å². The SMILES string of the molecule is CC(CN)(NC(=O)CCOc1ccc(Cl)cc1Cl)C1CC1.Cl. The summed E-state index contributed by atoms with van der Waals surface area (Å²) in [5.74, 6) is 0.968. The minimum atomic E-state index is -0.297. The van der Waals surface area contributed by atoms with Crippen LogP contribution in [0, 0.1) is 5.92 Å². The van der Waals surface area contributed by atoms with Crippen molar-refractivity contribution in [3.63, 3.8) is 0 Å². The third-order valence-electron chi connectivity index (χ3n) is 3.81. The summed E-state index contributed by atoms with van der Waals surface area (Å²) in [5, 5.41) is 4.00. The van der Waals surface area contributed by atoms with Crippen molar-refractivity contribution in [3.8, 4) is 5.75 Å². The van der Waals surface area contributed by atoms with Gasteiger partial charge in [-0.2, -0.15) is 0 Å². The van der Waals surface area contributed by atoms with Gasteiger partial charge in [0.15, 0.2) is 0 Å². The molecule has 0 saturated heterocycles. The minimum Gasteiger partial charge on any atom is -0.491 e. The van der Waals surface area contributed by atoms with Crippen molar-refractivity contribution in [2.24, 2.45) is 11.7 Å². The van der Waals surface area contributed by atoms with E-state index in [1.54, 1.807) is 18.2 Å². The van der Waals surface area contributed by atoms with Crippen LogP contribution in [0.4, 0.5) is 0 Å². The van der Waals surface area contributed by atoms with E-state index in [0.29, 0.717) is 28.3 Å². The minimum absolute atomic E-state index is 0. The molecule has 4 nitrogen and oxygen atoms in total. The first-order valence-electron chi connectivity index (χ1n) is 7.03. The van der Waals surface area contributed by atoms with Crippen molar-refractivity contribution >= 4 is 41.5 Å². The van der Waals surface area contributed by atoms with Crippen molar-refractivity contribution in [2.75, 3.05) is 13.2 Å². The number of benzene rings is 1. The number of rotatable bonds is 7. The molecule has 0 radical (unpaired) electrons. The van der Waals surface area contributed by atoms with Gasteiger partial charge in [-0.25, -0.2) is 0 Å². The Bertz CT molecular complexity index is 524. The van der Waals surface area contributed by atoms with Crippen LogP contribution in [0.2, 0.25) is 10.0 Å². The molecular formula is C15H21Cl3N2O2. The molecule has 1 aromatic carbocycles. The van der Waals surface area contributed by atoms with E-state index in [1.807, 2.05) is 6.92 Å². The molecule has 1 atom stereocenters. The molecule has 1 fully saturated rings. The van der Waals surface area contributed by atoms with Crippen LogP contribution in [-0.2, 0) is 4.79 Å². The fraction of sp³-hybridized carbons (Fsp3) is 0.533. The molecule has 1 aliphatic rings. The summed E-state index contributed by atoms with van der Waals surface area (Å²) in [5.41, 5.74) is 5.48. The summed E-state index contributed by atoms with van der Waals surface area (Å²) in [6.07, 6.45) is 2.52. The van der Waals surface area contributed by atoms with Gasteiger partial charge in [-0.15, -0.1) is 12.4 Å². The maximum absolute atomic E-state index is 12.0. The van der Waals surface area contributed by atoms with Crippen LogP contribution in [0.25, 0.3) is 0 Å². The highest BCUT2D eigenvalue weighted by molar-refractivity contribution is 6.35. The normalized spacial score (nSPS) is 16.4. The van der Waals surface area contributed by atoms with Crippen LogP contribution in [0.15, 0.2) is 18.2 Å². The van der Waals surface area contributed by atoms with E-state index in [4.69, 9.17) is 33.7 Å². The molecule has 7 heteroatoms. The lowest BCUT2D eigenvalue weighted by Gasteiger charge is -2.29. The molecule has 1 aromatic rings. The quantitative estimate of drug-likeness (QED) is 0.776. The molecule has 3 N–H and O–H groups in total. The van der Waals surface area contributed by atoms with E-state index in [-0.39, 0.29) is 36.9 Å². The Hall–Kier alpha value is -0.680. The highest BCUT2D eigenvalue weighted by atomic mass is 35.5. The molecule has 1 amide bonds. The van der Waals surface area contributed by atoms with Gasteiger partial charge in [-0.1, -0.05) is 23.2 Å². The average molecular weight is 368 g/mol. The average Bonchev–Trinajstić information content (AvgIpc) is 3.26. The number of carbonyl (C=O) groups is 1. The molecule has 0 spiro atoms. The summed E-state index contributed by atoms with van der Waals surface area (Å²) in [4.78, 5) is 12.0. The van der Waals surface area contributed by atoms with Gasteiger partial charge in [0.2, 0.25) is 5.91 Å². The Morgan fingerprint density at radius 2 is 2.14 bits per heavy atom. The maximum Gasteiger partial charge on any atom is 0.223 e. The fourth-order valence-corrected chi connectivity index (χ4v) is 2.73. The van der Waals surface area contributed by atoms with Crippen molar-refractivity contribution in [1.82, 2.24) is 5.32 Å². The summed E-state index contributed by atoms with van der Waals surface area (Å²) < 4.78 is 5.50. The molecule has 0 aliphatic heterocycles. The molecular weight excluding hydrogens is 347 g/mol. The van der Waals surface area contributed by atoms with Crippen LogP contribution < -0.4 is 15.8 Å². The first-order chi connectivity index (χ1) is 9.94. The first-order valence-corrected chi connectivity index (χ1v) is 7.79. The van der Waals surface area contributed by atoms with Gasteiger partial charge < -0.3 is 15.8 Å². The molecule has 0 bridgehead atoms. The van der Waals surface area contributed by atoms with Crippen molar-refractivity contribution in [2.45, 2.75) is 31.7 Å². The van der Waals surface area contributed by atoms with E-state index in [9.17, 15) is 4.79 Å². The highest BCUT2D eigenvalue weighted by Crippen LogP contribution is 2.39. The zero-order valence-corrected chi connectivity index (χ0v) is 14.7. The number of amides is 1. The van der Waals surface area contributed by atoms with Crippen molar-refractivity contribution in [1.29, 1.82) is 0 Å². The van der Waals surface area contributed by atoms with E-state index in [1.165, 1.54) is 0 Å². The topological polar surface area (TPSA) is 64.3 Å². The Morgan fingerprint density at radius 1 is 1.45 bits per heavy atom. The van der Waals surface area contributed by atoms with E-state index in [0.717, 1.165) is 12.8 Å². The molecule has 0 aromatic heterocycles. The van der Waals surface area contributed by atoms with Gasteiger partial charge in [-0.3, -0.25) is 4.79 Å². The maximum atomic E-state index is 12.0. The van der Waals surface area contributed by atoms with Gasteiger partial charge in [0, 0.05) is 11.6 Å². The molecule has 1 unspecified atom stereocenters. The lowest BCUT2D eigenvalue weighted by Crippen LogP contribution is -2.53. The molecule has 124 valence electrons. The number of nitrogens with one attached hydrogen (secondary N) is 1. The van der Waals surface area contributed by atoms with Crippen molar-refractivity contribution in [3.05, 3.63) is 28.2 Å². The number of carbonyl (C=O) groups excluding carboxylic acids is 1. The number of nitrogens with two attached hydrogens (primary N) is 1. The molecule has 2 rings (SSSR count). The van der Waals surface area contributed by atoms with Crippen LogP contribution in [0.1, 0.15) is 26.2 Å². The van der Waals surface area contributed by atoms with E-state index in [2.05, 4.69) is 5.32 Å². The summed E-state index contributed by atoms with van der Waals surface area (Å²) in [6.45, 7) is 2.71. The Balaban J connectivity index is 0.00000242. The second kappa shape index (κ2) is 8.25. The van der Waals surface area contributed by atoms with Crippen LogP contribution in [-0.4, -0.2) is 24.6 Å². The zero-order valence-electron chi connectivity index (χ0n) is 12.4. The largest absolute Gasteiger partial charge is 0.491 e. The van der Waals surface area contributed by atoms with Crippen molar-refractivity contribution < 1.29 is 9.53 Å². The molecule has 1 saturated carbocycles. The number of halogens is 3. The predicted molar refractivity (Wildman–Crippen MR) is 92.1 cm³/mol. The number of ether oxygens (including phenoxy) is 1.